The maximum atomic E-state index is 12.0. The van der Waals surface area contributed by atoms with Gasteiger partial charge in [-0.3, -0.25) is 0 Å². The topological polar surface area (TPSA) is 0 Å². The van der Waals surface area contributed by atoms with Crippen LogP contribution in [0, 0.1) is 11.8 Å². The van der Waals surface area contributed by atoms with Crippen LogP contribution in [0.15, 0.2) is 36.7 Å². The van der Waals surface area contributed by atoms with Gasteiger partial charge in [0, 0.05) is 0 Å². The van der Waals surface area contributed by atoms with Crippen molar-refractivity contribution in [2.24, 2.45) is 11.8 Å². The number of hydrogen-bond donors (Lipinski definition) is 0. The Morgan fingerprint density at radius 2 is 1.52 bits per heavy atom. The van der Waals surface area contributed by atoms with Gasteiger partial charge in [-0.05, 0) is 42.2 Å². The van der Waals surface area contributed by atoms with Crippen LogP contribution in [0.2, 0.25) is 0 Å². The number of halogens is 1. The van der Waals surface area contributed by atoms with E-state index < -0.39 is 0 Å². The smallest absolute Gasteiger partial charge is 0.0830 e. The Labute approximate surface area is 129 Å². The van der Waals surface area contributed by atoms with Crippen LogP contribution in [0.4, 0.5) is 4.39 Å². The molecule has 116 valence electrons. The molecule has 2 rings (SSSR count). The second-order valence-electron chi connectivity index (χ2n) is 6.60. The first-order valence-electron chi connectivity index (χ1n) is 8.64. The molecule has 0 saturated heterocycles. The van der Waals surface area contributed by atoms with Crippen LogP contribution in [0.5, 0.6) is 0 Å². The highest BCUT2D eigenvalue weighted by molar-refractivity contribution is 5.24. The monoisotopic (exact) mass is 288 g/mol. The van der Waals surface area contributed by atoms with Gasteiger partial charge in [0.05, 0.1) is 6.33 Å². The minimum atomic E-state index is 0.628. The van der Waals surface area contributed by atoms with E-state index in [1.807, 2.05) is 0 Å². The molecular weight excluding hydrogens is 259 g/mol. The fourth-order valence-electron chi connectivity index (χ4n) is 3.61. The molecule has 0 radical (unpaired) electrons. The first-order chi connectivity index (χ1) is 10.3. The molecule has 1 saturated carbocycles. The summed E-state index contributed by atoms with van der Waals surface area (Å²) in [5, 5.41) is 0. The minimum absolute atomic E-state index is 0.628. The first kappa shape index (κ1) is 16.3. The van der Waals surface area contributed by atoms with Gasteiger partial charge in [-0.25, -0.2) is 4.39 Å². The molecule has 0 spiro atoms. The highest BCUT2D eigenvalue weighted by Gasteiger charge is 2.20. The summed E-state index contributed by atoms with van der Waals surface area (Å²) in [5.74, 6) is 1.95. The molecule has 0 nitrogen and oxygen atoms in total. The Bertz CT molecular complexity index is 410. The van der Waals surface area contributed by atoms with Crippen molar-refractivity contribution in [3.8, 4) is 0 Å². The Kier molecular flexibility index (Phi) is 6.99. The number of rotatable bonds is 7. The van der Waals surface area contributed by atoms with E-state index in [4.69, 9.17) is 0 Å². The van der Waals surface area contributed by atoms with Crippen molar-refractivity contribution >= 4 is 0 Å². The van der Waals surface area contributed by atoms with Gasteiger partial charge in [-0.2, -0.15) is 0 Å². The van der Waals surface area contributed by atoms with Gasteiger partial charge < -0.3 is 0 Å². The lowest BCUT2D eigenvalue weighted by atomic mass is 9.78. The van der Waals surface area contributed by atoms with Crippen molar-refractivity contribution in [1.29, 1.82) is 0 Å². The molecule has 0 heterocycles. The van der Waals surface area contributed by atoms with E-state index in [1.165, 1.54) is 62.5 Å². The largest absolute Gasteiger partial charge is 0.216 e. The Morgan fingerprint density at radius 1 is 0.952 bits per heavy atom. The van der Waals surface area contributed by atoms with Gasteiger partial charge in [-0.1, -0.05) is 75.8 Å². The number of aryl methyl sites for hydroxylation is 1. The average Bonchev–Trinajstić information content (AvgIpc) is 2.53. The summed E-state index contributed by atoms with van der Waals surface area (Å²) < 4.78 is 12.0. The van der Waals surface area contributed by atoms with Gasteiger partial charge in [0.1, 0.15) is 0 Å². The van der Waals surface area contributed by atoms with E-state index in [0.717, 1.165) is 11.8 Å². The van der Waals surface area contributed by atoms with Crippen LogP contribution in [0.1, 0.15) is 63.0 Å². The molecule has 21 heavy (non-hydrogen) atoms. The lowest BCUT2D eigenvalue weighted by Gasteiger charge is -2.28. The maximum absolute atomic E-state index is 12.0. The molecule has 0 aliphatic heterocycles. The quantitative estimate of drug-likeness (QED) is 0.556. The number of hydrogen-bond acceptors (Lipinski definition) is 0. The van der Waals surface area contributed by atoms with Crippen LogP contribution in [-0.4, -0.2) is 0 Å². The predicted molar refractivity (Wildman–Crippen MR) is 89.1 cm³/mol. The summed E-state index contributed by atoms with van der Waals surface area (Å²) in [4.78, 5) is 0. The normalized spacial score (nSPS) is 22.8. The molecule has 1 aliphatic rings. The van der Waals surface area contributed by atoms with E-state index in [-0.39, 0.29) is 0 Å². The summed E-state index contributed by atoms with van der Waals surface area (Å²) in [6.45, 7) is 2.30. The van der Waals surface area contributed by atoms with Crippen molar-refractivity contribution < 1.29 is 4.39 Å². The molecule has 1 heteroatoms. The van der Waals surface area contributed by atoms with Gasteiger partial charge >= 0.3 is 0 Å². The van der Waals surface area contributed by atoms with E-state index >= 15 is 0 Å². The molecule has 0 amide bonds. The third-order valence-electron chi connectivity index (χ3n) is 4.97. The van der Waals surface area contributed by atoms with Crippen molar-refractivity contribution in [3.63, 3.8) is 0 Å². The second-order valence-corrected chi connectivity index (χ2v) is 6.60. The molecule has 1 aliphatic carbocycles. The van der Waals surface area contributed by atoms with Gasteiger partial charge in [-0.15, -0.1) is 0 Å². The fraction of sp³-hybridized carbons (Fsp3) is 0.600. The van der Waals surface area contributed by atoms with E-state index in [0.29, 0.717) is 12.8 Å². The Hall–Kier alpha value is -1.11. The molecule has 0 N–H and O–H groups in total. The zero-order valence-electron chi connectivity index (χ0n) is 13.4. The second kappa shape index (κ2) is 9.02. The van der Waals surface area contributed by atoms with Crippen molar-refractivity contribution in [2.45, 2.75) is 64.7 Å². The lowest BCUT2D eigenvalue weighted by Crippen LogP contribution is -2.15. The maximum Gasteiger partial charge on any atom is 0.0830 e. The lowest BCUT2D eigenvalue weighted by molar-refractivity contribution is 0.252. The van der Waals surface area contributed by atoms with Crippen LogP contribution >= 0.6 is 0 Å². The molecular formula is C20H29F. The summed E-state index contributed by atoms with van der Waals surface area (Å²) >= 11 is 0. The van der Waals surface area contributed by atoms with E-state index in [2.05, 4.69) is 31.2 Å². The van der Waals surface area contributed by atoms with Gasteiger partial charge in [0.25, 0.3) is 0 Å². The fourth-order valence-corrected chi connectivity index (χ4v) is 3.61. The van der Waals surface area contributed by atoms with Crippen molar-refractivity contribution in [3.05, 3.63) is 47.8 Å². The Morgan fingerprint density at radius 3 is 2.10 bits per heavy atom. The standard InChI is InChI=1S/C20H29F/c1-2-4-17-6-10-19(11-7-17)14-15-20-12-8-18(9-13-20)5-3-16-21/h3,8-9,12-13,16-17,19H,2,4-7,10-11,14-15H2,1H3. The first-order valence-corrected chi connectivity index (χ1v) is 8.64. The zero-order chi connectivity index (χ0) is 14.9. The Balaban J connectivity index is 1.71. The number of benzene rings is 1. The third-order valence-corrected chi connectivity index (χ3v) is 4.97. The van der Waals surface area contributed by atoms with Crippen LogP contribution in [-0.2, 0) is 12.8 Å². The molecule has 0 atom stereocenters. The van der Waals surface area contributed by atoms with Gasteiger partial charge in [0.15, 0.2) is 0 Å². The molecule has 1 fully saturated rings. The summed E-state index contributed by atoms with van der Waals surface area (Å²) in [6, 6.07) is 8.69. The molecule has 1 aromatic rings. The van der Waals surface area contributed by atoms with E-state index in [1.54, 1.807) is 6.08 Å². The highest BCUT2D eigenvalue weighted by atomic mass is 19.1. The molecule has 0 bridgehead atoms. The summed E-state index contributed by atoms with van der Waals surface area (Å²) in [6.07, 6.45) is 14.0. The summed E-state index contributed by atoms with van der Waals surface area (Å²) in [7, 11) is 0. The van der Waals surface area contributed by atoms with Crippen molar-refractivity contribution in [1.82, 2.24) is 0 Å². The molecule has 0 aromatic heterocycles. The average molecular weight is 288 g/mol. The van der Waals surface area contributed by atoms with Crippen LogP contribution in [0.3, 0.4) is 0 Å². The van der Waals surface area contributed by atoms with Gasteiger partial charge in [0.2, 0.25) is 0 Å². The minimum Gasteiger partial charge on any atom is -0.216 e. The van der Waals surface area contributed by atoms with Crippen LogP contribution < -0.4 is 0 Å². The van der Waals surface area contributed by atoms with Crippen molar-refractivity contribution in [2.75, 3.05) is 0 Å². The van der Waals surface area contributed by atoms with E-state index in [9.17, 15) is 4.39 Å². The third kappa shape index (κ3) is 5.65. The molecule has 1 aromatic carbocycles. The molecule has 0 unspecified atom stereocenters. The van der Waals surface area contributed by atoms with Crippen LogP contribution in [0.25, 0.3) is 0 Å². The SMILES string of the molecule is CCCC1CCC(CCc2ccc(CC=CF)cc2)CC1. The summed E-state index contributed by atoms with van der Waals surface area (Å²) in [5.41, 5.74) is 2.62. The zero-order valence-corrected chi connectivity index (χ0v) is 13.4. The highest BCUT2D eigenvalue weighted by Crippen LogP contribution is 2.33. The number of allylic oxidation sites excluding steroid dienone is 1. The predicted octanol–water partition coefficient (Wildman–Crippen LogP) is 6.25.